The predicted octanol–water partition coefficient (Wildman–Crippen LogP) is 3.10. The topological polar surface area (TPSA) is 61.0 Å². The van der Waals surface area contributed by atoms with Crippen LogP contribution in [0.15, 0.2) is 77.6 Å². The van der Waals surface area contributed by atoms with Crippen LogP contribution < -0.4 is 9.22 Å². The third-order valence-corrected chi connectivity index (χ3v) is 4.76. The Bertz CT molecular complexity index is 1030. The number of hydrogen-bond donors (Lipinski definition) is 0. The molecule has 3 aromatic heterocycles. The van der Waals surface area contributed by atoms with Gasteiger partial charge < -0.3 is 0 Å². The monoisotopic (exact) mass is 417 g/mol. The van der Waals surface area contributed by atoms with Gasteiger partial charge in [-0.15, -0.1) is 0 Å². The fraction of sp³-hybridized carbons (Fsp3) is 0.0952. The molecule has 0 unspecified atom stereocenters. The average molecular weight is 417 g/mol. The van der Waals surface area contributed by atoms with Crippen molar-refractivity contribution in [1.82, 2.24) is 15.1 Å². The molecule has 2 radical (unpaired) electrons. The first kappa shape index (κ1) is 17.5. The summed E-state index contributed by atoms with van der Waals surface area (Å²) in [4.78, 5) is 8.54. The maximum absolute atomic E-state index is 5.84. The summed E-state index contributed by atoms with van der Waals surface area (Å²) < 4.78 is 12.2. The van der Waals surface area contributed by atoms with Crippen molar-refractivity contribution in [2.24, 2.45) is 0 Å². The molecular formula is C21H16AsN3O2. The molecule has 0 saturated carbocycles. The summed E-state index contributed by atoms with van der Waals surface area (Å²) >= 11 is 2.45. The summed E-state index contributed by atoms with van der Waals surface area (Å²) in [5.74, 6) is 1.53. The van der Waals surface area contributed by atoms with E-state index in [0.717, 1.165) is 38.5 Å². The van der Waals surface area contributed by atoms with Crippen molar-refractivity contribution in [3.8, 4) is 17.1 Å². The molecule has 0 aliphatic rings. The molecule has 0 saturated heterocycles. The van der Waals surface area contributed by atoms with E-state index < -0.39 is 0 Å². The normalized spacial score (nSPS) is 10.7. The summed E-state index contributed by atoms with van der Waals surface area (Å²) in [6.07, 6.45) is 4.18. The second kappa shape index (κ2) is 8.19. The van der Waals surface area contributed by atoms with Gasteiger partial charge in [-0.25, -0.2) is 0 Å². The zero-order valence-corrected chi connectivity index (χ0v) is 16.3. The van der Waals surface area contributed by atoms with Crippen LogP contribution in [0.2, 0.25) is 0 Å². The van der Waals surface area contributed by atoms with Crippen molar-refractivity contribution in [2.45, 2.75) is 13.0 Å². The Hall–Kier alpha value is -2.91. The number of hydrogen-bond acceptors (Lipinski definition) is 5. The molecule has 4 aromatic rings. The molecule has 0 spiro atoms. The standard InChI is InChI=1S/C21H16AsN3O2/c22-21-19(8-4-10-24-21)20-13-17(25-27-20)11-15-5-3-7-18(12-15)26-14-16-6-1-2-9-23-16/h1-10,12-13H,11,14H2. The molecule has 0 bridgehead atoms. The number of pyridine rings is 2. The number of rotatable bonds is 6. The molecule has 0 aliphatic carbocycles. The van der Waals surface area contributed by atoms with Gasteiger partial charge in [0.05, 0.1) is 0 Å². The van der Waals surface area contributed by atoms with Crippen LogP contribution in [0.4, 0.5) is 0 Å². The van der Waals surface area contributed by atoms with Crippen molar-refractivity contribution in [3.05, 3.63) is 90.0 Å². The Kier molecular flexibility index (Phi) is 5.31. The third-order valence-electron chi connectivity index (χ3n) is 4.01. The molecule has 0 atom stereocenters. The molecule has 0 aliphatic heterocycles. The summed E-state index contributed by atoms with van der Waals surface area (Å²) in [7, 11) is 0. The van der Waals surface area contributed by atoms with Gasteiger partial charge in [-0.05, 0) is 12.1 Å². The van der Waals surface area contributed by atoms with Crippen molar-refractivity contribution >= 4 is 21.3 Å². The van der Waals surface area contributed by atoms with Gasteiger partial charge in [0.15, 0.2) is 0 Å². The zero-order chi connectivity index (χ0) is 18.5. The van der Waals surface area contributed by atoms with Crippen molar-refractivity contribution < 1.29 is 9.26 Å². The minimum atomic E-state index is 0.441. The summed E-state index contributed by atoms with van der Waals surface area (Å²) in [5, 5.41) is 4.19. The van der Waals surface area contributed by atoms with Crippen LogP contribution in [0.3, 0.4) is 0 Å². The second-order valence-electron chi connectivity index (χ2n) is 5.99. The van der Waals surface area contributed by atoms with Gasteiger partial charge in [-0.1, -0.05) is 6.07 Å². The Balaban J connectivity index is 1.45. The van der Waals surface area contributed by atoms with Gasteiger partial charge in [-0.2, -0.15) is 0 Å². The van der Waals surface area contributed by atoms with E-state index in [1.807, 2.05) is 60.7 Å². The quantitative estimate of drug-likeness (QED) is 0.452. The molecule has 5 nitrogen and oxygen atoms in total. The van der Waals surface area contributed by atoms with Crippen molar-refractivity contribution in [2.75, 3.05) is 0 Å². The van der Waals surface area contributed by atoms with Crippen LogP contribution in [0, 0.1) is 0 Å². The van der Waals surface area contributed by atoms with E-state index in [9.17, 15) is 0 Å². The molecule has 1 aromatic carbocycles. The van der Waals surface area contributed by atoms with Crippen molar-refractivity contribution in [3.63, 3.8) is 0 Å². The van der Waals surface area contributed by atoms with Crippen LogP contribution in [-0.2, 0) is 13.0 Å². The third kappa shape index (κ3) is 4.44. The summed E-state index contributed by atoms with van der Waals surface area (Å²) in [6.45, 7) is 0.441. The van der Waals surface area contributed by atoms with E-state index in [2.05, 4.69) is 32.0 Å². The molecule has 132 valence electrons. The number of benzene rings is 1. The molecule has 0 N–H and O–H groups in total. The number of ether oxygens (including phenoxy) is 1. The molecule has 0 fully saturated rings. The Morgan fingerprint density at radius 3 is 2.67 bits per heavy atom. The minimum absolute atomic E-state index is 0.441. The Morgan fingerprint density at radius 2 is 1.81 bits per heavy atom. The van der Waals surface area contributed by atoms with Crippen LogP contribution in [0.25, 0.3) is 11.3 Å². The van der Waals surface area contributed by atoms with Crippen LogP contribution in [-0.4, -0.2) is 32.0 Å². The van der Waals surface area contributed by atoms with Crippen LogP contribution >= 0.6 is 0 Å². The first-order valence-electron chi connectivity index (χ1n) is 8.49. The fourth-order valence-corrected chi connectivity index (χ4v) is 3.23. The fourth-order valence-electron chi connectivity index (χ4n) is 2.71. The van der Waals surface area contributed by atoms with Crippen LogP contribution in [0.1, 0.15) is 17.0 Å². The molecule has 4 rings (SSSR count). The molecular weight excluding hydrogens is 401 g/mol. The van der Waals surface area contributed by atoms with Gasteiger partial charge in [-0.3, -0.25) is 4.98 Å². The molecule has 6 heteroatoms. The van der Waals surface area contributed by atoms with Gasteiger partial charge >= 0.3 is 136 Å². The Morgan fingerprint density at radius 1 is 0.889 bits per heavy atom. The first-order chi connectivity index (χ1) is 13.3. The first-order valence-corrected chi connectivity index (χ1v) is 9.43. The van der Waals surface area contributed by atoms with E-state index in [-0.39, 0.29) is 0 Å². The molecule has 0 amide bonds. The van der Waals surface area contributed by atoms with E-state index in [1.165, 1.54) is 0 Å². The van der Waals surface area contributed by atoms with Gasteiger partial charge in [0.2, 0.25) is 0 Å². The summed E-state index contributed by atoms with van der Waals surface area (Å²) in [5.41, 5.74) is 3.80. The van der Waals surface area contributed by atoms with E-state index in [1.54, 1.807) is 12.4 Å². The predicted molar refractivity (Wildman–Crippen MR) is 103 cm³/mol. The van der Waals surface area contributed by atoms with Crippen LogP contribution in [0.5, 0.6) is 5.75 Å². The van der Waals surface area contributed by atoms with E-state index in [0.29, 0.717) is 13.0 Å². The Labute approximate surface area is 165 Å². The van der Waals surface area contributed by atoms with E-state index >= 15 is 0 Å². The molecule has 27 heavy (non-hydrogen) atoms. The van der Waals surface area contributed by atoms with Crippen molar-refractivity contribution in [1.29, 1.82) is 0 Å². The number of aromatic nitrogens is 3. The molecule has 3 heterocycles. The van der Waals surface area contributed by atoms with Gasteiger partial charge in [0, 0.05) is 6.20 Å². The van der Waals surface area contributed by atoms with Gasteiger partial charge in [0.1, 0.15) is 0 Å². The number of nitrogens with zero attached hydrogens (tertiary/aromatic N) is 3. The second-order valence-corrected chi connectivity index (χ2v) is 6.88. The maximum atomic E-state index is 5.84. The summed E-state index contributed by atoms with van der Waals surface area (Å²) in [6, 6.07) is 19.6. The van der Waals surface area contributed by atoms with E-state index in [4.69, 9.17) is 9.26 Å². The average Bonchev–Trinajstić information content (AvgIpc) is 3.16. The van der Waals surface area contributed by atoms with Gasteiger partial charge in [0.25, 0.3) is 0 Å². The SMILES string of the molecule is [As]c1ncccc1-c1cc(Cc2cccc(OCc3ccccn3)c2)no1. The zero-order valence-electron chi connectivity index (χ0n) is 14.4.